The zero-order valence-electron chi connectivity index (χ0n) is 48.1. The van der Waals surface area contributed by atoms with E-state index in [0.29, 0.717) is 0 Å². The van der Waals surface area contributed by atoms with Crippen molar-refractivity contribution in [2.24, 2.45) is 0 Å². The Balaban J connectivity index is 1.19. The van der Waals surface area contributed by atoms with Gasteiger partial charge in [-0.25, -0.2) is 0 Å². The van der Waals surface area contributed by atoms with E-state index in [0.717, 1.165) is 23.5 Å². The van der Waals surface area contributed by atoms with Crippen molar-refractivity contribution < 1.29 is 0 Å². The molecule has 2 aliphatic carbocycles. The molecule has 4 bridgehead atoms. The average molecular weight is 1020 g/mol. The summed E-state index contributed by atoms with van der Waals surface area (Å²) in [6.07, 6.45) is 5.91. The molecule has 76 heavy (non-hydrogen) atoms. The Morgan fingerprint density at radius 2 is 1.00 bits per heavy atom. The lowest BCUT2D eigenvalue weighted by Crippen LogP contribution is -2.60. The summed E-state index contributed by atoms with van der Waals surface area (Å²) in [6, 6.07) is 55.7. The summed E-state index contributed by atoms with van der Waals surface area (Å²) in [6.45, 7) is 36.4. The molecule has 0 radical (unpaired) electrons. The molecular formula is C71H78BN3S. The van der Waals surface area contributed by atoms with E-state index in [1.807, 2.05) is 0 Å². The van der Waals surface area contributed by atoms with Gasteiger partial charge in [0.05, 0.1) is 11.4 Å². The summed E-state index contributed by atoms with van der Waals surface area (Å²) < 4.78 is 2.86. The topological polar surface area (TPSA) is 9.72 Å². The minimum atomic E-state index is -0.0441. The van der Waals surface area contributed by atoms with Crippen molar-refractivity contribution >= 4 is 95.0 Å². The molecule has 1 aromatic heterocycles. The second-order valence-electron chi connectivity index (χ2n) is 28.8. The van der Waals surface area contributed by atoms with Crippen LogP contribution in [0.5, 0.6) is 0 Å². The number of hydrogen-bond acceptors (Lipinski definition) is 4. The van der Waals surface area contributed by atoms with Crippen molar-refractivity contribution in [2.45, 2.75) is 174 Å². The molecule has 2 unspecified atom stereocenters. The van der Waals surface area contributed by atoms with E-state index in [2.05, 4.69) is 269 Å². The van der Waals surface area contributed by atoms with E-state index in [1.54, 1.807) is 16.7 Å². The normalized spacial score (nSPS) is 20.8. The third-order valence-corrected chi connectivity index (χ3v) is 20.5. The second-order valence-corrected chi connectivity index (χ2v) is 29.9. The fraction of sp³-hybridized carbons (Fsp3) is 0.380. The molecule has 0 saturated heterocycles. The molecule has 8 aromatic rings. The number of hydrogen-bond donors (Lipinski definition) is 0. The van der Waals surface area contributed by atoms with Gasteiger partial charge in [-0.3, -0.25) is 0 Å². The van der Waals surface area contributed by atoms with E-state index in [1.165, 1.54) is 108 Å². The number of fused-ring (bicyclic) bond motifs is 6. The van der Waals surface area contributed by atoms with Crippen LogP contribution in [0.1, 0.15) is 175 Å². The molecule has 3 aliphatic heterocycles. The van der Waals surface area contributed by atoms with Crippen molar-refractivity contribution in [1.82, 2.24) is 0 Å². The Kier molecular flexibility index (Phi) is 10.6. The Labute approximate surface area is 459 Å². The summed E-state index contributed by atoms with van der Waals surface area (Å²) in [5, 5.41) is 1.40. The van der Waals surface area contributed by atoms with Gasteiger partial charge in [-0.15, -0.1) is 11.3 Å². The summed E-state index contributed by atoms with van der Waals surface area (Å²) in [5.41, 5.74) is 24.2. The minimum absolute atomic E-state index is 0.00432. The number of benzene rings is 7. The molecule has 386 valence electrons. The van der Waals surface area contributed by atoms with Gasteiger partial charge >= 0.3 is 0 Å². The molecule has 5 aliphatic rings. The van der Waals surface area contributed by atoms with Gasteiger partial charge < -0.3 is 14.7 Å². The van der Waals surface area contributed by atoms with Gasteiger partial charge in [-0.1, -0.05) is 165 Å². The predicted octanol–water partition coefficient (Wildman–Crippen LogP) is 18.4. The van der Waals surface area contributed by atoms with Crippen LogP contribution in [0.2, 0.25) is 0 Å². The van der Waals surface area contributed by atoms with E-state index >= 15 is 0 Å². The van der Waals surface area contributed by atoms with Crippen molar-refractivity contribution in [3.8, 4) is 0 Å². The van der Waals surface area contributed by atoms with Crippen LogP contribution < -0.4 is 30.4 Å². The molecule has 0 amide bonds. The Bertz CT molecular complexity index is 3670. The van der Waals surface area contributed by atoms with Gasteiger partial charge in [-0.05, 0) is 199 Å². The summed E-state index contributed by atoms with van der Waals surface area (Å²) >= 11 is 2.07. The maximum Gasteiger partial charge on any atom is 0.264 e. The lowest BCUT2D eigenvalue weighted by atomic mass is 9.36. The van der Waals surface area contributed by atoms with Crippen molar-refractivity contribution in [3.63, 3.8) is 0 Å². The highest BCUT2D eigenvalue weighted by atomic mass is 32.1. The SMILES string of the molecule is CC(C)(C)c1ccc(N(c2ccccc2)c2cc3c4c(c2)N2c5ccc6c(c5)C(C)(CCC6(C)C)CC5(C)CCC(C)(C)c6cc7sc(c2c7cc65)B4c2cc(C(C)(C)C)ccc2N3c2ccc(C(C)(C)C)cc2)cc1. The zero-order chi connectivity index (χ0) is 53.4. The molecule has 13 rings (SSSR count). The molecule has 0 fully saturated rings. The maximum atomic E-state index is 2.77. The van der Waals surface area contributed by atoms with Crippen LogP contribution in [0.15, 0.2) is 140 Å². The standard InChI is InChI=1S/C71H78BN3S/c1-65(2,3)44-21-26-48(27-22-44)73(47-19-17-16-18-20-47)51-39-59-62-60(40-51)75-50-30-31-53-55(38-50)70(14,35-33-68(53,10)11)43-71(15)36-34-69(12,13)54-42-61-52(41-56(54)71)63(75)64(76-61)72(62)57-37-46(67(7,8)9)25-32-58(57)74(59)49-28-23-45(24-29-49)66(4,5)6/h16-32,37-42H,33-36,43H2,1-15H3. The molecule has 2 atom stereocenters. The highest BCUT2D eigenvalue weighted by Gasteiger charge is 2.51. The lowest BCUT2D eigenvalue weighted by molar-refractivity contribution is 0.208. The van der Waals surface area contributed by atoms with Crippen molar-refractivity contribution in [3.05, 3.63) is 178 Å². The van der Waals surface area contributed by atoms with Gasteiger partial charge in [0.1, 0.15) is 0 Å². The molecule has 7 aromatic carbocycles. The number of nitrogens with zero attached hydrogens (tertiary/aromatic N) is 3. The first-order valence-electron chi connectivity index (χ1n) is 28.5. The van der Waals surface area contributed by atoms with Gasteiger partial charge in [0.15, 0.2) is 0 Å². The van der Waals surface area contributed by atoms with E-state index in [4.69, 9.17) is 0 Å². The summed E-state index contributed by atoms with van der Waals surface area (Å²) in [7, 11) is 0. The molecule has 3 nitrogen and oxygen atoms in total. The lowest BCUT2D eigenvalue weighted by Gasteiger charge is -2.51. The van der Waals surface area contributed by atoms with E-state index in [9.17, 15) is 0 Å². The van der Waals surface area contributed by atoms with E-state index < -0.39 is 0 Å². The van der Waals surface area contributed by atoms with Gasteiger partial charge in [0.25, 0.3) is 6.71 Å². The molecule has 0 N–H and O–H groups in total. The monoisotopic (exact) mass is 1020 g/mol. The van der Waals surface area contributed by atoms with Crippen LogP contribution in [0.4, 0.5) is 51.2 Å². The van der Waals surface area contributed by atoms with Crippen LogP contribution in [-0.2, 0) is 37.9 Å². The van der Waals surface area contributed by atoms with Crippen LogP contribution in [0.3, 0.4) is 0 Å². The van der Waals surface area contributed by atoms with Gasteiger partial charge in [0, 0.05) is 54.7 Å². The first-order valence-corrected chi connectivity index (χ1v) is 29.3. The van der Waals surface area contributed by atoms with Crippen LogP contribution in [-0.4, -0.2) is 6.71 Å². The maximum absolute atomic E-state index is 2.77. The highest BCUT2D eigenvalue weighted by molar-refractivity contribution is 7.33. The molecule has 4 heterocycles. The fourth-order valence-corrected chi connectivity index (χ4v) is 16.0. The minimum Gasteiger partial charge on any atom is -0.311 e. The first-order chi connectivity index (χ1) is 35.7. The molecule has 0 saturated carbocycles. The Morgan fingerprint density at radius 3 is 1.62 bits per heavy atom. The van der Waals surface area contributed by atoms with Crippen LogP contribution in [0.25, 0.3) is 10.1 Å². The van der Waals surface area contributed by atoms with Crippen molar-refractivity contribution in [1.29, 1.82) is 0 Å². The number of anilines is 9. The van der Waals surface area contributed by atoms with Gasteiger partial charge in [-0.2, -0.15) is 0 Å². The largest absolute Gasteiger partial charge is 0.311 e. The first kappa shape index (κ1) is 49.5. The third-order valence-electron chi connectivity index (χ3n) is 19.3. The van der Waals surface area contributed by atoms with Crippen LogP contribution in [0, 0.1) is 0 Å². The summed E-state index contributed by atoms with van der Waals surface area (Å²) in [5.74, 6) is 0. The third kappa shape index (κ3) is 7.47. The van der Waals surface area contributed by atoms with Crippen LogP contribution >= 0.6 is 11.3 Å². The Hall–Kier alpha value is -6.04. The smallest absolute Gasteiger partial charge is 0.264 e. The van der Waals surface area contributed by atoms with Crippen molar-refractivity contribution in [2.75, 3.05) is 14.7 Å². The average Bonchev–Trinajstić information content (AvgIpc) is 3.79. The number of rotatable bonds is 4. The zero-order valence-corrected chi connectivity index (χ0v) is 49.0. The van der Waals surface area contributed by atoms with E-state index in [-0.39, 0.29) is 44.6 Å². The second kappa shape index (κ2) is 16.3. The quantitative estimate of drug-likeness (QED) is 0.163. The Morgan fingerprint density at radius 1 is 0.461 bits per heavy atom. The number of para-hydroxylation sites is 1. The molecular weight excluding hydrogens is 938 g/mol. The molecule has 5 heteroatoms. The summed E-state index contributed by atoms with van der Waals surface area (Å²) in [4.78, 5) is 7.91. The molecule has 0 spiro atoms. The fourth-order valence-electron chi connectivity index (χ4n) is 14.7. The predicted molar refractivity (Wildman–Crippen MR) is 330 cm³/mol. The van der Waals surface area contributed by atoms with Gasteiger partial charge in [0.2, 0.25) is 0 Å². The highest BCUT2D eigenvalue weighted by Crippen LogP contribution is 2.60. The number of thiophene rings is 1.